The van der Waals surface area contributed by atoms with E-state index in [1.165, 1.54) is 55.6 Å². The fourth-order valence-corrected chi connectivity index (χ4v) is 10.6. The summed E-state index contributed by atoms with van der Waals surface area (Å²) in [5.41, 5.74) is 19.1. The molecule has 61 heavy (non-hydrogen) atoms. The zero-order valence-corrected chi connectivity index (χ0v) is 34.5. The van der Waals surface area contributed by atoms with Crippen LogP contribution in [-0.4, -0.2) is 15.0 Å². The normalized spacial score (nSPS) is 14.2. The van der Waals surface area contributed by atoms with E-state index in [1.54, 1.807) is 0 Å². The Morgan fingerprint density at radius 1 is 0.361 bits per heavy atom. The molecule has 2 aliphatic carbocycles. The number of hydrogen-bond acceptors (Lipinski definition) is 4. The van der Waals surface area contributed by atoms with Gasteiger partial charge in [0.05, 0.1) is 0 Å². The third-order valence-electron chi connectivity index (χ3n) is 13.3. The fourth-order valence-electron chi connectivity index (χ4n) is 10.6. The average molecular weight is 784 g/mol. The fraction of sp³-hybridized carbons (Fsp3) is 0.105. The third kappa shape index (κ3) is 5.21. The van der Waals surface area contributed by atoms with Gasteiger partial charge < -0.3 is 4.42 Å². The molecule has 10 aromatic rings. The van der Waals surface area contributed by atoms with Crippen LogP contribution in [0.4, 0.5) is 0 Å². The van der Waals surface area contributed by atoms with Crippen LogP contribution in [0.5, 0.6) is 0 Å². The smallest absolute Gasteiger partial charge is 0.164 e. The molecule has 2 aliphatic rings. The molecule has 4 heteroatoms. The first-order chi connectivity index (χ1) is 29.8. The molecular weight excluding hydrogens is 743 g/mol. The lowest BCUT2D eigenvalue weighted by Crippen LogP contribution is -2.16. The lowest BCUT2D eigenvalue weighted by molar-refractivity contribution is 0.659. The first-order valence-corrected chi connectivity index (χ1v) is 21.1. The van der Waals surface area contributed by atoms with Crippen molar-refractivity contribution in [1.82, 2.24) is 15.0 Å². The van der Waals surface area contributed by atoms with Gasteiger partial charge >= 0.3 is 0 Å². The lowest BCUT2D eigenvalue weighted by Gasteiger charge is -2.26. The molecule has 8 aromatic carbocycles. The van der Waals surface area contributed by atoms with Gasteiger partial charge in [-0.2, -0.15) is 0 Å². The van der Waals surface area contributed by atoms with E-state index >= 15 is 0 Å². The Morgan fingerprint density at radius 2 is 0.803 bits per heavy atom. The molecule has 0 bridgehead atoms. The molecule has 12 rings (SSSR count). The summed E-state index contributed by atoms with van der Waals surface area (Å²) in [4.78, 5) is 15.4. The largest absolute Gasteiger partial charge is 0.455 e. The van der Waals surface area contributed by atoms with Gasteiger partial charge in [-0.3, -0.25) is 0 Å². The molecule has 0 fully saturated rings. The summed E-state index contributed by atoms with van der Waals surface area (Å²) >= 11 is 0. The van der Waals surface area contributed by atoms with Crippen molar-refractivity contribution in [2.45, 2.75) is 38.5 Å². The van der Waals surface area contributed by atoms with E-state index in [1.807, 2.05) is 36.4 Å². The van der Waals surface area contributed by atoms with Crippen molar-refractivity contribution in [2.24, 2.45) is 0 Å². The van der Waals surface area contributed by atoms with E-state index in [2.05, 4.69) is 167 Å². The Morgan fingerprint density at radius 3 is 1.39 bits per heavy atom. The van der Waals surface area contributed by atoms with Crippen molar-refractivity contribution < 1.29 is 4.42 Å². The van der Waals surface area contributed by atoms with Crippen molar-refractivity contribution in [1.29, 1.82) is 0 Å². The minimum Gasteiger partial charge on any atom is -0.455 e. The highest BCUT2D eigenvalue weighted by molar-refractivity contribution is 6.17. The Kier molecular flexibility index (Phi) is 7.59. The van der Waals surface area contributed by atoms with Gasteiger partial charge in [-0.1, -0.05) is 185 Å². The van der Waals surface area contributed by atoms with Crippen LogP contribution in [0, 0.1) is 0 Å². The van der Waals surface area contributed by atoms with Gasteiger partial charge in [-0.05, 0) is 79.4 Å². The maximum atomic E-state index is 7.14. The molecule has 290 valence electrons. The number of nitrogens with zero attached hydrogens (tertiary/aromatic N) is 3. The number of furan rings is 1. The monoisotopic (exact) mass is 783 g/mol. The molecule has 0 aliphatic heterocycles. The second-order valence-electron chi connectivity index (χ2n) is 17.5. The standard InChI is InChI=1S/C57H41N3O/c1-56(2)46-29-13-11-22-38(46)40-25-15-24-37(50(40)56)36-32-44(42-27-16-26-41-39-23-12-14-30-47(39)57(3,4)51(41)42)52-45(33-36)49-43(28-17-31-48(49)61-52)55-59-53(34-18-7-5-8-19-34)58-54(60-55)35-20-9-6-10-21-35/h5-33H,1-4H3. The molecule has 0 atom stereocenters. The zero-order chi connectivity index (χ0) is 41.0. The quantitative estimate of drug-likeness (QED) is 0.174. The highest BCUT2D eigenvalue weighted by Gasteiger charge is 2.40. The van der Waals surface area contributed by atoms with Crippen molar-refractivity contribution in [2.75, 3.05) is 0 Å². The Hall–Kier alpha value is -7.43. The molecule has 0 saturated carbocycles. The van der Waals surface area contributed by atoms with Gasteiger partial charge in [0.25, 0.3) is 0 Å². The number of benzene rings is 8. The van der Waals surface area contributed by atoms with Crippen LogP contribution in [0.1, 0.15) is 49.9 Å². The first kappa shape index (κ1) is 35.5. The van der Waals surface area contributed by atoms with Crippen LogP contribution in [0.3, 0.4) is 0 Å². The van der Waals surface area contributed by atoms with Gasteiger partial charge in [0.1, 0.15) is 11.2 Å². The molecule has 2 aromatic heterocycles. The molecule has 0 amide bonds. The minimum atomic E-state index is -0.230. The molecule has 0 radical (unpaired) electrons. The van der Waals surface area contributed by atoms with Crippen molar-refractivity contribution in [3.05, 3.63) is 198 Å². The van der Waals surface area contributed by atoms with Crippen LogP contribution in [0.15, 0.2) is 180 Å². The van der Waals surface area contributed by atoms with Crippen LogP contribution in [-0.2, 0) is 10.8 Å². The number of aromatic nitrogens is 3. The molecule has 0 spiro atoms. The van der Waals surface area contributed by atoms with E-state index in [0.29, 0.717) is 17.5 Å². The predicted molar refractivity (Wildman–Crippen MR) is 249 cm³/mol. The maximum Gasteiger partial charge on any atom is 0.164 e. The summed E-state index contributed by atoms with van der Waals surface area (Å²) in [5.74, 6) is 1.85. The maximum absolute atomic E-state index is 7.14. The van der Waals surface area contributed by atoms with Crippen LogP contribution < -0.4 is 0 Å². The SMILES string of the molecule is CC1(C)c2ccccc2-c2cccc(-c3cc(-c4cccc5c4C(C)(C)c4ccccc4-5)c4oc5cccc(-c6nc(-c7ccccc7)nc(-c7ccccc7)n6)c5c4c3)c21. The molecule has 0 saturated heterocycles. The second-order valence-corrected chi connectivity index (χ2v) is 17.5. The number of hydrogen-bond donors (Lipinski definition) is 0. The van der Waals surface area contributed by atoms with E-state index < -0.39 is 0 Å². The topological polar surface area (TPSA) is 51.8 Å². The van der Waals surface area contributed by atoms with E-state index in [0.717, 1.165) is 49.8 Å². The highest BCUT2D eigenvalue weighted by Crippen LogP contribution is 2.56. The van der Waals surface area contributed by atoms with Gasteiger partial charge in [0.15, 0.2) is 17.5 Å². The Bertz CT molecular complexity index is 3360. The van der Waals surface area contributed by atoms with Crippen LogP contribution in [0.25, 0.3) is 101 Å². The van der Waals surface area contributed by atoms with E-state index in [9.17, 15) is 0 Å². The van der Waals surface area contributed by atoms with Gasteiger partial charge in [0.2, 0.25) is 0 Å². The highest BCUT2D eigenvalue weighted by atomic mass is 16.3. The number of fused-ring (bicyclic) bond motifs is 9. The third-order valence-corrected chi connectivity index (χ3v) is 13.3. The summed E-state index contributed by atoms with van der Waals surface area (Å²) in [6.45, 7) is 9.45. The summed E-state index contributed by atoms with van der Waals surface area (Å²) in [6, 6.07) is 62.7. The molecule has 0 N–H and O–H groups in total. The van der Waals surface area contributed by atoms with E-state index in [-0.39, 0.29) is 10.8 Å². The van der Waals surface area contributed by atoms with Crippen molar-refractivity contribution in [3.8, 4) is 78.7 Å². The van der Waals surface area contributed by atoms with Gasteiger partial charge in [-0.15, -0.1) is 0 Å². The van der Waals surface area contributed by atoms with Crippen LogP contribution >= 0.6 is 0 Å². The van der Waals surface area contributed by atoms with Crippen LogP contribution in [0.2, 0.25) is 0 Å². The summed E-state index contributed by atoms with van der Waals surface area (Å²) in [6.07, 6.45) is 0. The first-order valence-electron chi connectivity index (χ1n) is 21.1. The predicted octanol–water partition coefficient (Wildman–Crippen LogP) is 14.7. The van der Waals surface area contributed by atoms with Gasteiger partial charge in [-0.25, -0.2) is 15.0 Å². The van der Waals surface area contributed by atoms with Crippen molar-refractivity contribution in [3.63, 3.8) is 0 Å². The van der Waals surface area contributed by atoms with Gasteiger partial charge in [0, 0.05) is 43.9 Å². The second kappa shape index (κ2) is 13.0. The minimum absolute atomic E-state index is 0.203. The lowest BCUT2D eigenvalue weighted by atomic mass is 9.77. The molecule has 2 heterocycles. The zero-order valence-electron chi connectivity index (χ0n) is 34.5. The molecule has 4 nitrogen and oxygen atoms in total. The van der Waals surface area contributed by atoms with Crippen molar-refractivity contribution >= 4 is 21.9 Å². The summed E-state index contributed by atoms with van der Waals surface area (Å²) < 4.78 is 7.14. The van der Waals surface area contributed by atoms with E-state index in [4.69, 9.17) is 19.4 Å². The molecule has 0 unspecified atom stereocenters. The average Bonchev–Trinajstić information content (AvgIpc) is 3.89. The Balaban J connectivity index is 1.18. The summed E-state index contributed by atoms with van der Waals surface area (Å²) in [7, 11) is 0. The Labute approximate surface area is 355 Å². The molecular formula is C57H41N3O. The summed E-state index contributed by atoms with van der Waals surface area (Å²) in [5, 5.41) is 2.01. The number of rotatable bonds is 5.